The minimum atomic E-state index is -1.22. The second-order valence-electron chi connectivity index (χ2n) is 6.28. The van der Waals surface area contributed by atoms with Gasteiger partial charge in [-0.15, -0.1) is 0 Å². The summed E-state index contributed by atoms with van der Waals surface area (Å²) in [5, 5.41) is 13.6. The van der Waals surface area contributed by atoms with Crippen molar-refractivity contribution in [3.05, 3.63) is 53.2 Å². The number of hydrogen-bond acceptors (Lipinski definition) is 7. The van der Waals surface area contributed by atoms with Crippen molar-refractivity contribution in [2.24, 2.45) is 0 Å². The molecule has 0 saturated carbocycles. The average Bonchev–Trinajstić information content (AvgIpc) is 2.81. The van der Waals surface area contributed by atoms with Gasteiger partial charge in [0.2, 0.25) is 5.75 Å². The molecule has 10 heteroatoms. The fourth-order valence-corrected chi connectivity index (χ4v) is 2.68. The molecule has 0 fully saturated rings. The molecule has 2 rings (SSSR count). The van der Waals surface area contributed by atoms with Gasteiger partial charge >= 0.3 is 5.97 Å². The van der Waals surface area contributed by atoms with Crippen molar-refractivity contribution in [3.8, 4) is 23.0 Å². The van der Waals surface area contributed by atoms with Gasteiger partial charge < -0.3 is 34.7 Å². The molecule has 2 amide bonds. The number of methoxy groups -OCH3 is 4. The van der Waals surface area contributed by atoms with Gasteiger partial charge in [-0.3, -0.25) is 14.4 Å². The summed E-state index contributed by atoms with van der Waals surface area (Å²) in [5.74, 6) is -1.21. The Morgan fingerprint density at radius 1 is 0.906 bits per heavy atom. The summed E-state index contributed by atoms with van der Waals surface area (Å²) in [4.78, 5) is 36.3. The third-order valence-corrected chi connectivity index (χ3v) is 4.25. The molecule has 10 nitrogen and oxygen atoms in total. The van der Waals surface area contributed by atoms with E-state index in [1.165, 1.54) is 46.6 Å². The highest BCUT2D eigenvalue weighted by Gasteiger charge is 2.20. The molecule has 3 N–H and O–H groups in total. The average molecular weight is 444 g/mol. The Kier molecular flexibility index (Phi) is 8.46. The molecule has 0 unspecified atom stereocenters. The van der Waals surface area contributed by atoms with Gasteiger partial charge in [-0.25, -0.2) is 0 Å². The predicted octanol–water partition coefficient (Wildman–Crippen LogP) is 1.69. The maximum absolute atomic E-state index is 12.9. The molecule has 0 atom stereocenters. The number of hydrogen-bond donors (Lipinski definition) is 3. The quantitative estimate of drug-likeness (QED) is 0.472. The van der Waals surface area contributed by atoms with Crippen molar-refractivity contribution in [1.82, 2.24) is 10.6 Å². The molecular formula is C22H24N2O8. The Balaban J connectivity index is 2.39. The SMILES string of the molecule is COc1ccc(/C=C(/NC(=O)c2cc(OC)c(OC)c(OC)c2)C(=O)NCC(=O)O)cc1. The van der Waals surface area contributed by atoms with Crippen LogP contribution in [0.5, 0.6) is 23.0 Å². The third kappa shape index (κ3) is 6.14. The molecule has 170 valence electrons. The molecule has 2 aromatic carbocycles. The maximum atomic E-state index is 12.9. The van der Waals surface area contributed by atoms with Gasteiger partial charge in [0.15, 0.2) is 11.5 Å². The van der Waals surface area contributed by atoms with E-state index in [1.54, 1.807) is 24.3 Å². The van der Waals surface area contributed by atoms with Crippen LogP contribution in [-0.4, -0.2) is 57.9 Å². The monoisotopic (exact) mass is 444 g/mol. The lowest BCUT2D eigenvalue weighted by Gasteiger charge is -2.15. The zero-order chi connectivity index (χ0) is 23.7. The molecule has 0 aliphatic heterocycles. The topological polar surface area (TPSA) is 132 Å². The summed E-state index contributed by atoms with van der Waals surface area (Å²) in [5.41, 5.74) is 0.554. The molecule has 32 heavy (non-hydrogen) atoms. The van der Waals surface area contributed by atoms with Crippen LogP contribution in [0.25, 0.3) is 6.08 Å². The van der Waals surface area contributed by atoms with E-state index in [9.17, 15) is 14.4 Å². The standard InChI is InChI=1S/C22H24N2O8/c1-29-15-7-5-13(6-8-15)9-16(22(28)23-12-19(25)26)24-21(27)14-10-17(30-2)20(32-4)18(11-14)31-3/h5-11H,12H2,1-4H3,(H,23,28)(H,24,27)(H,25,26)/b16-9+. The summed E-state index contributed by atoms with van der Waals surface area (Å²) in [6.45, 7) is -0.612. The number of carbonyl (C=O) groups excluding carboxylic acids is 2. The first-order valence-electron chi connectivity index (χ1n) is 9.30. The van der Waals surface area contributed by atoms with Crippen LogP contribution >= 0.6 is 0 Å². The molecular weight excluding hydrogens is 420 g/mol. The van der Waals surface area contributed by atoms with Gasteiger partial charge in [0.1, 0.15) is 18.0 Å². The molecule has 0 aliphatic carbocycles. The van der Waals surface area contributed by atoms with Crippen molar-refractivity contribution in [1.29, 1.82) is 0 Å². The lowest BCUT2D eigenvalue weighted by molar-refractivity contribution is -0.137. The molecule has 0 bridgehead atoms. The van der Waals surface area contributed by atoms with Crippen LogP contribution in [-0.2, 0) is 9.59 Å². The number of benzene rings is 2. The van der Waals surface area contributed by atoms with Crippen LogP contribution in [0.15, 0.2) is 42.1 Å². The number of aliphatic carboxylic acids is 1. The minimum absolute atomic E-state index is 0.131. The first kappa shape index (κ1) is 24.1. The Morgan fingerprint density at radius 3 is 1.97 bits per heavy atom. The Hall–Kier alpha value is -4.21. The van der Waals surface area contributed by atoms with Crippen molar-refractivity contribution >= 4 is 23.9 Å². The van der Waals surface area contributed by atoms with Crippen LogP contribution in [0.4, 0.5) is 0 Å². The fourth-order valence-electron chi connectivity index (χ4n) is 2.68. The van der Waals surface area contributed by atoms with Crippen LogP contribution in [0.3, 0.4) is 0 Å². The van der Waals surface area contributed by atoms with E-state index < -0.39 is 24.3 Å². The van der Waals surface area contributed by atoms with Gasteiger partial charge in [0.25, 0.3) is 11.8 Å². The van der Waals surface area contributed by atoms with Crippen LogP contribution < -0.4 is 29.6 Å². The first-order chi connectivity index (χ1) is 15.3. The normalized spacial score (nSPS) is 10.7. The zero-order valence-corrected chi connectivity index (χ0v) is 18.1. The second kappa shape index (κ2) is 11.3. The smallest absolute Gasteiger partial charge is 0.322 e. The highest BCUT2D eigenvalue weighted by molar-refractivity contribution is 6.06. The van der Waals surface area contributed by atoms with E-state index in [0.29, 0.717) is 17.1 Å². The number of carboxylic acid groups (broad SMARTS) is 1. The zero-order valence-electron chi connectivity index (χ0n) is 18.1. The summed E-state index contributed by atoms with van der Waals surface area (Å²) in [6.07, 6.45) is 1.41. The van der Waals surface area contributed by atoms with Gasteiger partial charge in [-0.2, -0.15) is 0 Å². The molecule has 0 aromatic heterocycles. The number of amides is 2. The fraction of sp³-hybridized carbons (Fsp3) is 0.227. The molecule has 0 saturated heterocycles. The summed E-state index contributed by atoms with van der Waals surface area (Å²) < 4.78 is 20.8. The Morgan fingerprint density at radius 2 is 1.50 bits per heavy atom. The van der Waals surface area contributed by atoms with Crippen molar-refractivity contribution in [2.75, 3.05) is 35.0 Å². The molecule has 0 spiro atoms. The van der Waals surface area contributed by atoms with Crippen LogP contribution in [0.2, 0.25) is 0 Å². The van der Waals surface area contributed by atoms with E-state index in [2.05, 4.69) is 10.6 Å². The maximum Gasteiger partial charge on any atom is 0.322 e. The highest BCUT2D eigenvalue weighted by Crippen LogP contribution is 2.38. The van der Waals surface area contributed by atoms with Crippen molar-refractivity contribution in [3.63, 3.8) is 0 Å². The number of rotatable bonds is 10. The van der Waals surface area contributed by atoms with Crippen LogP contribution in [0, 0.1) is 0 Å². The lowest BCUT2D eigenvalue weighted by atomic mass is 10.1. The van der Waals surface area contributed by atoms with Crippen molar-refractivity contribution in [2.45, 2.75) is 0 Å². The molecule has 0 heterocycles. The lowest BCUT2D eigenvalue weighted by Crippen LogP contribution is -2.37. The largest absolute Gasteiger partial charge is 0.497 e. The Bertz CT molecular complexity index is 990. The first-order valence-corrected chi connectivity index (χ1v) is 9.30. The minimum Gasteiger partial charge on any atom is -0.497 e. The highest BCUT2D eigenvalue weighted by atomic mass is 16.5. The van der Waals surface area contributed by atoms with E-state index in [1.807, 2.05) is 0 Å². The van der Waals surface area contributed by atoms with Crippen molar-refractivity contribution < 1.29 is 38.4 Å². The third-order valence-electron chi connectivity index (χ3n) is 4.25. The summed E-state index contributed by atoms with van der Waals surface area (Å²) >= 11 is 0. The second-order valence-corrected chi connectivity index (χ2v) is 6.28. The van der Waals surface area contributed by atoms with Gasteiger partial charge in [-0.05, 0) is 35.9 Å². The van der Waals surface area contributed by atoms with E-state index in [0.717, 1.165) is 0 Å². The molecule has 0 radical (unpaired) electrons. The number of carboxylic acids is 1. The number of ether oxygens (including phenoxy) is 4. The molecule has 0 aliphatic rings. The van der Waals surface area contributed by atoms with Gasteiger partial charge in [0, 0.05) is 5.56 Å². The summed E-state index contributed by atoms with van der Waals surface area (Å²) in [7, 11) is 5.77. The molecule has 2 aromatic rings. The Labute approximate surface area is 184 Å². The predicted molar refractivity (Wildman–Crippen MR) is 115 cm³/mol. The number of carbonyl (C=O) groups is 3. The van der Waals surface area contributed by atoms with Crippen LogP contribution in [0.1, 0.15) is 15.9 Å². The number of nitrogens with one attached hydrogen (secondary N) is 2. The van der Waals surface area contributed by atoms with E-state index in [4.69, 9.17) is 24.1 Å². The summed E-state index contributed by atoms with van der Waals surface area (Å²) in [6, 6.07) is 9.57. The van der Waals surface area contributed by atoms with E-state index in [-0.39, 0.29) is 22.8 Å². The van der Waals surface area contributed by atoms with Gasteiger partial charge in [-0.1, -0.05) is 12.1 Å². The van der Waals surface area contributed by atoms with E-state index >= 15 is 0 Å². The van der Waals surface area contributed by atoms with Gasteiger partial charge in [0.05, 0.1) is 28.4 Å².